The van der Waals surface area contributed by atoms with Crippen LogP contribution in [-0.2, 0) is 6.42 Å². The lowest BCUT2D eigenvalue weighted by atomic mass is 9.87. The minimum absolute atomic E-state index is 0.893. The van der Waals surface area contributed by atoms with Crippen molar-refractivity contribution in [3.05, 3.63) is 18.2 Å². The average Bonchev–Trinajstić information content (AvgIpc) is 2.59. The smallest absolute Gasteiger partial charge is 0.106 e. The van der Waals surface area contributed by atoms with Crippen LogP contribution in [0.25, 0.3) is 0 Å². The molecule has 0 aliphatic heterocycles. The molecule has 1 fully saturated rings. The molecule has 66 valence electrons. The second kappa shape index (κ2) is 3.74. The fraction of sp³-hybridized carbons (Fsp3) is 0.700. The predicted molar refractivity (Wildman–Crippen MR) is 48.9 cm³/mol. The van der Waals surface area contributed by atoms with Gasteiger partial charge in [-0.3, -0.25) is 0 Å². The van der Waals surface area contributed by atoms with Gasteiger partial charge >= 0.3 is 0 Å². The number of hydrogen-bond donors (Lipinski definition) is 1. The van der Waals surface area contributed by atoms with Crippen molar-refractivity contribution in [3.8, 4) is 0 Å². The maximum Gasteiger partial charge on any atom is 0.106 e. The monoisotopic (exact) mass is 164 g/mol. The standard InChI is InChI=1S/C10H16N2/c1-2-4-9(5-3-1)8-10-11-6-7-12-10/h6-7,9H,1-5,8H2,(H,11,12). The quantitative estimate of drug-likeness (QED) is 0.715. The Bertz CT molecular complexity index is 210. The van der Waals surface area contributed by atoms with Gasteiger partial charge in [-0.25, -0.2) is 4.98 Å². The van der Waals surface area contributed by atoms with Crippen molar-refractivity contribution in [1.82, 2.24) is 9.97 Å². The van der Waals surface area contributed by atoms with Gasteiger partial charge in [-0.1, -0.05) is 32.1 Å². The Balaban J connectivity index is 1.86. The zero-order valence-corrected chi connectivity index (χ0v) is 7.42. The lowest BCUT2D eigenvalue weighted by molar-refractivity contribution is 0.352. The van der Waals surface area contributed by atoms with Gasteiger partial charge in [0, 0.05) is 18.8 Å². The van der Waals surface area contributed by atoms with Crippen molar-refractivity contribution in [3.63, 3.8) is 0 Å². The molecule has 1 aromatic rings. The zero-order chi connectivity index (χ0) is 8.23. The van der Waals surface area contributed by atoms with Gasteiger partial charge < -0.3 is 4.98 Å². The molecule has 1 aromatic heterocycles. The molecule has 0 bridgehead atoms. The summed E-state index contributed by atoms with van der Waals surface area (Å²) in [5, 5.41) is 0. The molecule has 0 atom stereocenters. The Hall–Kier alpha value is -0.790. The summed E-state index contributed by atoms with van der Waals surface area (Å²) in [6.07, 6.45) is 12.0. The second-order valence-corrected chi connectivity index (χ2v) is 3.74. The van der Waals surface area contributed by atoms with Crippen LogP contribution in [0.4, 0.5) is 0 Å². The van der Waals surface area contributed by atoms with Crippen molar-refractivity contribution in [2.75, 3.05) is 0 Å². The summed E-state index contributed by atoms with van der Waals surface area (Å²) in [5.74, 6) is 2.06. The first-order valence-corrected chi connectivity index (χ1v) is 4.93. The summed E-state index contributed by atoms with van der Waals surface area (Å²) in [4.78, 5) is 7.43. The van der Waals surface area contributed by atoms with Gasteiger partial charge in [0.2, 0.25) is 0 Å². The van der Waals surface area contributed by atoms with E-state index < -0.39 is 0 Å². The summed E-state index contributed by atoms with van der Waals surface area (Å²) in [5.41, 5.74) is 0. The van der Waals surface area contributed by atoms with E-state index in [4.69, 9.17) is 0 Å². The fourth-order valence-corrected chi connectivity index (χ4v) is 2.07. The number of rotatable bonds is 2. The molecule has 0 aromatic carbocycles. The SMILES string of the molecule is c1c[nH]c(CC2CCCCC2)n1. The van der Waals surface area contributed by atoms with E-state index in [0.29, 0.717) is 0 Å². The third-order valence-corrected chi connectivity index (χ3v) is 2.76. The molecule has 2 rings (SSSR count). The molecule has 0 saturated heterocycles. The van der Waals surface area contributed by atoms with Crippen LogP contribution in [0.15, 0.2) is 12.4 Å². The summed E-state index contributed by atoms with van der Waals surface area (Å²) in [7, 11) is 0. The van der Waals surface area contributed by atoms with Crippen LogP contribution >= 0.6 is 0 Å². The predicted octanol–water partition coefficient (Wildman–Crippen LogP) is 2.53. The van der Waals surface area contributed by atoms with E-state index in [1.165, 1.54) is 37.9 Å². The van der Waals surface area contributed by atoms with Gasteiger partial charge in [-0.2, -0.15) is 0 Å². The van der Waals surface area contributed by atoms with Crippen molar-refractivity contribution in [2.24, 2.45) is 5.92 Å². The Morgan fingerprint density at radius 3 is 2.83 bits per heavy atom. The molecule has 0 amide bonds. The molecule has 0 radical (unpaired) electrons. The third-order valence-electron chi connectivity index (χ3n) is 2.76. The van der Waals surface area contributed by atoms with Gasteiger partial charge in [-0.15, -0.1) is 0 Å². The maximum atomic E-state index is 4.25. The third kappa shape index (κ3) is 1.87. The normalized spacial score (nSPS) is 19.7. The van der Waals surface area contributed by atoms with Crippen molar-refractivity contribution in [1.29, 1.82) is 0 Å². The molecular formula is C10H16N2. The van der Waals surface area contributed by atoms with Crippen LogP contribution in [0.2, 0.25) is 0 Å². The Morgan fingerprint density at radius 1 is 1.33 bits per heavy atom. The summed E-state index contributed by atoms with van der Waals surface area (Å²) in [6, 6.07) is 0. The van der Waals surface area contributed by atoms with Gasteiger partial charge in [0.05, 0.1) is 0 Å². The van der Waals surface area contributed by atoms with Crippen molar-refractivity contribution >= 4 is 0 Å². The summed E-state index contributed by atoms with van der Waals surface area (Å²) >= 11 is 0. The van der Waals surface area contributed by atoms with Crippen LogP contribution in [0.3, 0.4) is 0 Å². The average molecular weight is 164 g/mol. The molecule has 1 heterocycles. The van der Waals surface area contributed by atoms with E-state index in [9.17, 15) is 0 Å². The highest BCUT2D eigenvalue weighted by Crippen LogP contribution is 2.25. The highest BCUT2D eigenvalue weighted by atomic mass is 14.9. The molecule has 0 unspecified atom stereocenters. The molecule has 1 aliphatic carbocycles. The van der Waals surface area contributed by atoms with Crippen LogP contribution in [0, 0.1) is 5.92 Å². The Labute approximate surface area is 73.4 Å². The number of imidazole rings is 1. The minimum Gasteiger partial charge on any atom is -0.349 e. The van der Waals surface area contributed by atoms with Crippen LogP contribution in [0.5, 0.6) is 0 Å². The lowest BCUT2D eigenvalue weighted by Gasteiger charge is -2.20. The first kappa shape index (κ1) is 7.84. The van der Waals surface area contributed by atoms with E-state index in [1.807, 2.05) is 12.4 Å². The molecule has 1 saturated carbocycles. The van der Waals surface area contributed by atoms with Crippen molar-refractivity contribution < 1.29 is 0 Å². The van der Waals surface area contributed by atoms with E-state index in [2.05, 4.69) is 9.97 Å². The topological polar surface area (TPSA) is 28.7 Å². The zero-order valence-electron chi connectivity index (χ0n) is 7.42. The molecule has 1 N–H and O–H groups in total. The second-order valence-electron chi connectivity index (χ2n) is 3.74. The largest absolute Gasteiger partial charge is 0.349 e. The lowest BCUT2D eigenvalue weighted by Crippen LogP contribution is -2.09. The molecule has 2 nitrogen and oxygen atoms in total. The Kier molecular flexibility index (Phi) is 2.45. The van der Waals surface area contributed by atoms with Gasteiger partial charge in [-0.05, 0) is 5.92 Å². The molecule has 2 heteroatoms. The first-order valence-electron chi connectivity index (χ1n) is 4.93. The van der Waals surface area contributed by atoms with Gasteiger partial charge in [0.25, 0.3) is 0 Å². The first-order chi connectivity index (χ1) is 5.95. The van der Waals surface area contributed by atoms with Gasteiger partial charge in [0.15, 0.2) is 0 Å². The minimum atomic E-state index is 0.893. The Morgan fingerprint density at radius 2 is 2.17 bits per heavy atom. The molecule has 0 spiro atoms. The molecule has 1 aliphatic rings. The van der Waals surface area contributed by atoms with Crippen molar-refractivity contribution in [2.45, 2.75) is 38.5 Å². The fourth-order valence-electron chi connectivity index (χ4n) is 2.07. The number of nitrogens with zero attached hydrogens (tertiary/aromatic N) is 1. The number of hydrogen-bond acceptors (Lipinski definition) is 1. The number of aromatic amines is 1. The van der Waals surface area contributed by atoms with Gasteiger partial charge in [0.1, 0.15) is 5.82 Å². The van der Waals surface area contributed by atoms with E-state index in [-0.39, 0.29) is 0 Å². The highest BCUT2D eigenvalue weighted by Gasteiger charge is 2.14. The van der Waals surface area contributed by atoms with Crippen LogP contribution < -0.4 is 0 Å². The van der Waals surface area contributed by atoms with E-state index in [0.717, 1.165) is 12.3 Å². The molecular weight excluding hydrogens is 148 g/mol. The highest BCUT2D eigenvalue weighted by molar-refractivity contribution is 4.89. The van der Waals surface area contributed by atoms with E-state index >= 15 is 0 Å². The summed E-state index contributed by atoms with van der Waals surface area (Å²) < 4.78 is 0. The maximum absolute atomic E-state index is 4.25. The number of H-pyrrole nitrogens is 1. The van der Waals surface area contributed by atoms with Crippen LogP contribution in [-0.4, -0.2) is 9.97 Å². The number of nitrogens with one attached hydrogen (secondary N) is 1. The molecule has 12 heavy (non-hydrogen) atoms. The van der Waals surface area contributed by atoms with E-state index in [1.54, 1.807) is 0 Å². The number of aromatic nitrogens is 2. The van der Waals surface area contributed by atoms with Crippen LogP contribution in [0.1, 0.15) is 37.9 Å². The summed E-state index contributed by atoms with van der Waals surface area (Å²) in [6.45, 7) is 0.